The van der Waals surface area contributed by atoms with Crippen molar-refractivity contribution in [3.8, 4) is 0 Å². The van der Waals surface area contributed by atoms with Crippen LogP contribution < -0.4 is 16.0 Å². The summed E-state index contributed by atoms with van der Waals surface area (Å²) in [7, 11) is 4.24. The summed E-state index contributed by atoms with van der Waals surface area (Å²) < 4.78 is 2.16. The second-order valence-corrected chi connectivity index (χ2v) is 8.11. The molecule has 2 amide bonds. The van der Waals surface area contributed by atoms with E-state index in [-0.39, 0.29) is 17.7 Å². The fraction of sp³-hybridized carbons (Fsp3) is 0.500. The zero-order valence-electron chi connectivity index (χ0n) is 17.6. The van der Waals surface area contributed by atoms with E-state index < -0.39 is 5.91 Å². The summed E-state index contributed by atoms with van der Waals surface area (Å²) in [5.41, 5.74) is 6.26. The lowest BCUT2D eigenvalue weighted by Crippen LogP contribution is -3.06. The highest BCUT2D eigenvalue weighted by Gasteiger charge is 2.25. The Labute approximate surface area is 176 Å². The van der Waals surface area contributed by atoms with Gasteiger partial charge in [0, 0.05) is 24.2 Å². The lowest BCUT2D eigenvalue weighted by Gasteiger charge is -2.20. The van der Waals surface area contributed by atoms with Crippen molar-refractivity contribution in [2.24, 2.45) is 5.73 Å². The maximum Gasteiger partial charge on any atom is 0.248 e. The van der Waals surface area contributed by atoms with E-state index in [1.807, 2.05) is 0 Å². The molecule has 0 unspecified atom stereocenters. The Morgan fingerprint density at radius 1 is 1.21 bits per heavy atom. The lowest BCUT2D eigenvalue weighted by molar-refractivity contribution is -0.893. The number of unbranched alkanes of at least 4 members (excludes halogenated alkanes) is 1. The molecule has 0 aliphatic carbocycles. The van der Waals surface area contributed by atoms with Crippen LogP contribution in [0, 0.1) is 0 Å². The quantitative estimate of drug-likeness (QED) is 0.479. The van der Waals surface area contributed by atoms with Crippen LogP contribution in [0.5, 0.6) is 0 Å². The molecular weight excluding hydrogens is 388 g/mol. The third kappa shape index (κ3) is 6.30. The van der Waals surface area contributed by atoms with E-state index in [1.165, 1.54) is 16.7 Å². The maximum atomic E-state index is 12.3. The van der Waals surface area contributed by atoms with Crippen LogP contribution in [-0.2, 0) is 11.3 Å². The Morgan fingerprint density at radius 3 is 2.45 bits per heavy atom. The first-order chi connectivity index (χ1) is 13.9. The minimum Gasteiger partial charge on any atom is -0.366 e. The second kappa shape index (κ2) is 11.0. The van der Waals surface area contributed by atoms with Gasteiger partial charge in [-0.1, -0.05) is 32.0 Å². The molecule has 1 atom stereocenters. The molecule has 1 heterocycles. The number of hydrogen-bond acceptors (Lipinski definition) is 5. The number of carbonyl (C=O) groups is 2. The minimum absolute atomic E-state index is 0.140. The van der Waals surface area contributed by atoms with Crippen LogP contribution in [-0.4, -0.2) is 46.4 Å². The predicted molar refractivity (Wildman–Crippen MR) is 115 cm³/mol. The average molecular weight is 420 g/mol. The molecule has 9 heteroatoms. The molecular formula is C20H31N6O2S+. The fourth-order valence-corrected chi connectivity index (χ4v) is 3.86. The smallest absolute Gasteiger partial charge is 0.248 e. The molecule has 0 fully saturated rings. The topological polar surface area (TPSA) is 107 Å². The third-order valence-corrected chi connectivity index (χ3v) is 5.65. The number of rotatable bonds is 11. The summed E-state index contributed by atoms with van der Waals surface area (Å²) >= 11 is 1.39. The van der Waals surface area contributed by atoms with Crippen molar-refractivity contribution < 1.29 is 14.5 Å². The average Bonchev–Trinajstić information content (AvgIpc) is 3.07. The number of nitrogens with one attached hydrogen (secondary N) is 2. The van der Waals surface area contributed by atoms with Crippen molar-refractivity contribution in [2.75, 3.05) is 25.2 Å². The molecule has 4 N–H and O–H groups in total. The molecule has 2 aromatic rings. The Balaban J connectivity index is 2.05. The van der Waals surface area contributed by atoms with Crippen LogP contribution in [0.1, 0.15) is 55.3 Å². The van der Waals surface area contributed by atoms with Crippen molar-refractivity contribution in [1.29, 1.82) is 0 Å². The van der Waals surface area contributed by atoms with Gasteiger partial charge in [0.25, 0.3) is 0 Å². The predicted octanol–water partition coefficient (Wildman–Crippen LogP) is 1.50. The fourth-order valence-electron chi connectivity index (χ4n) is 3.08. The first-order valence-corrected chi connectivity index (χ1v) is 10.9. The van der Waals surface area contributed by atoms with E-state index >= 15 is 0 Å². The van der Waals surface area contributed by atoms with Crippen LogP contribution >= 0.6 is 11.8 Å². The molecule has 1 aromatic heterocycles. The zero-order valence-corrected chi connectivity index (χ0v) is 18.4. The van der Waals surface area contributed by atoms with Gasteiger partial charge >= 0.3 is 0 Å². The SMILES string of the molecule is CCCCn1c(SCC(=O)Nc2ccc(C(N)=O)cc2)nnc1[C@H](CC)[NH+](C)C. The summed E-state index contributed by atoms with van der Waals surface area (Å²) in [6, 6.07) is 6.78. The molecule has 2 rings (SSSR count). The minimum atomic E-state index is -0.495. The molecule has 0 radical (unpaired) electrons. The van der Waals surface area contributed by atoms with Gasteiger partial charge in [-0.15, -0.1) is 10.2 Å². The molecule has 158 valence electrons. The molecule has 0 aliphatic heterocycles. The van der Waals surface area contributed by atoms with E-state index in [4.69, 9.17) is 5.73 Å². The molecule has 8 nitrogen and oxygen atoms in total. The Kier molecular flexibility index (Phi) is 8.66. The van der Waals surface area contributed by atoms with Gasteiger partial charge in [0.05, 0.1) is 19.8 Å². The van der Waals surface area contributed by atoms with Gasteiger partial charge in [-0.3, -0.25) is 9.59 Å². The number of amides is 2. The largest absolute Gasteiger partial charge is 0.366 e. The highest BCUT2D eigenvalue weighted by atomic mass is 32.2. The number of quaternary nitrogens is 1. The van der Waals surface area contributed by atoms with Gasteiger partial charge in [0.1, 0.15) is 6.04 Å². The summed E-state index contributed by atoms with van der Waals surface area (Å²) in [5.74, 6) is 0.572. The Hall–Kier alpha value is -2.39. The number of hydrogen-bond donors (Lipinski definition) is 3. The van der Waals surface area contributed by atoms with E-state index in [2.05, 4.69) is 48.0 Å². The van der Waals surface area contributed by atoms with Gasteiger partial charge < -0.3 is 20.5 Å². The first-order valence-electron chi connectivity index (χ1n) is 9.93. The van der Waals surface area contributed by atoms with E-state index in [0.29, 0.717) is 11.3 Å². The van der Waals surface area contributed by atoms with E-state index in [9.17, 15) is 9.59 Å². The number of nitrogens with two attached hydrogens (primary N) is 1. The monoisotopic (exact) mass is 419 g/mol. The van der Waals surface area contributed by atoms with Crippen LogP contribution in [0.2, 0.25) is 0 Å². The standard InChI is InChI=1S/C20H30N6O2S/c1-5-7-12-26-19(16(6-2)25(3)4)23-24-20(26)29-13-17(27)22-15-10-8-14(9-11-15)18(21)28/h8-11,16H,5-7,12-13H2,1-4H3,(H2,21,28)(H,22,27)/p+1/t16-/m0/s1. The van der Waals surface area contributed by atoms with E-state index in [1.54, 1.807) is 24.3 Å². The van der Waals surface area contributed by atoms with Crippen LogP contribution in [0.4, 0.5) is 5.69 Å². The zero-order chi connectivity index (χ0) is 21.4. The number of anilines is 1. The maximum absolute atomic E-state index is 12.3. The molecule has 1 aromatic carbocycles. The first kappa shape index (κ1) is 22.9. The molecule has 0 saturated carbocycles. The van der Waals surface area contributed by atoms with Gasteiger partial charge in [-0.25, -0.2) is 0 Å². The number of nitrogens with zero attached hydrogens (tertiary/aromatic N) is 3. The summed E-state index contributed by atoms with van der Waals surface area (Å²) in [6.45, 7) is 5.16. The molecule has 29 heavy (non-hydrogen) atoms. The Bertz CT molecular complexity index is 819. The molecule has 0 aliphatic rings. The number of aromatic nitrogens is 3. The van der Waals surface area contributed by atoms with Crippen molar-refractivity contribution in [3.05, 3.63) is 35.7 Å². The number of carbonyl (C=O) groups excluding carboxylic acids is 2. The normalized spacial score (nSPS) is 12.2. The third-order valence-electron chi connectivity index (χ3n) is 4.68. The van der Waals surface area contributed by atoms with Crippen LogP contribution in [0.3, 0.4) is 0 Å². The molecule has 0 bridgehead atoms. The molecule has 0 spiro atoms. The van der Waals surface area contributed by atoms with Gasteiger partial charge in [-0.05, 0) is 30.7 Å². The number of primary amides is 1. The molecule has 0 saturated heterocycles. The van der Waals surface area contributed by atoms with Crippen molar-refractivity contribution in [3.63, 3.8) is 0 Å². The highest BCUT2D eigenvalue weighted by molar-refractivity contribution is 7.99. The summed E-state index contributed by atoms with van der Waals surface area (Å²) in [5, 5.41) is 12.4. The number of thioether (sulfide) groups is 1. The summed E-state index contributed by atoms with van der Waals surface area (Å²) in [6.07, 6.45) is 3.09. The van der Waals surface area contributed by atoms with Crippen molar-refractivity contribution >= 4 is 29.3 Å². The van der Waals surface area contributed by atoms with Gasteiger partial charge in [0.15, 0.2) is 11.0 Å². The Morgan fingerprint density at radius 2 is 1.90 bits per heavy atom. The second-order valence-electron chi connectivity index (χ2n) is 7.16. The lowest BCUT2D eigenvalue weighted by atomic mass is 10.2. The van der Waals surface area contributed by atoms with Crippen LogP contribution in [0.25, 0.3) is 0 Å². The number of benzene rings is 1. The van der Waals surface area contributed by atoms with Gasteiger partial charge in [0.2, 0.25) is 11.8 Å². The van der Waals surface area contributed by atoms with Gasteiger partial charge in [-0.2, -0.15) is 0 Å². The van der Waals surface area contributed by atoms with Crippen LogP contribution in [0.15, 0.2) is 29.4 Å². The van der Waals surface area contributed by atoms with Crippen molar-refractivity contribution in [2.45, 2.75) is 50.9 Å². The van der Waals surface area contributed by atoms with Crippen molar-refractivity contribution in [1.82, 2.24) is 14.8 Å². The van der Waals surface area contributed by atoms with E-state index in [0.717, 1.165) is 36.8 Å². The summed E-state index contributed by atoms with van der Waals surface area (Å²) in [4.78, 5) is 24.8. The highest BCUT2D eigenvalue weighted by Crippen LogP contribution is 2.22.